The summed E-state index contributed by atoms with van der Waals surface area (Å²) >= 11 is 1.51. The van der Waals surface area contributed by atoms with Crippen molar-refractivity contribution in [2.24, 2.45) is 0 Å². The molecule has 2 aromatic rings. The van der Waals surface area contributed by atoms with Gasteiger partial charge in [-0.1, -0.05) is 24.3 Å². The molecule has 0 radical (unpaired) electrons. The highest BCUT2D eigenvalue weighted by Gasteiger charge is 2.25. The summed E-state index contributed by atoms with van der Waals surface area (Å²) in [5.41, 5.74) is 2.64. The summed E-state index contributed by atoms with van der Waals surface area (Å²) in [6.45, 7) is 0.758. The molecule has 27 heavy (non-hydrogen) atoms. The number of hydrogen-bond donors (Lipinski definition) is 1. The average Bonchev–Trinajstić information content (AvgIpc) is 3.09. The standard InChI is InChI=1S/C21H21FN2O2S/c22-17-4-1-3-16-18(10-12-27-21(16)17)23-19(25)13-14-6-8-15(9-7-14)24-11-2-5-20(24)26/h1,3-4,6-9,18H,2,5,10-13H2,(H,23,25)/t18-/m1/s1. The highest BCUT2D eigenvalue weighted by Crippen LogP contribution is 2.37. The molecule has 2 aliphatic rings. The number of fused-ring (bicyclic) bond motifs is 1. The first-order valence-corrected chi connectivity index (χ1v) is 10.2. The van der Waals surface area contributed by atoms with Crippen LogP contribution in [0.1, 0.15) is 36.4 Å². The molecule has 1 saturated heterocycles. The normalized spacial score (nSPS) is 19.1. The van der Waals surface area contributed by atoms with Gasteiger partial charge in [0.1, 0.15) is 5.82 Å². The predicted molar refractivity (Wildman–Crippen MR) is 104 cm³/mol. The van der Waals surface area contributed by atoms with E-state index in [4.69, 9.17) is 0 Å². The second-order valence-electron chi connectivity index (χ2n) is 6.91. The van der Waals surface area contributed by atoms with Gasteiger partial charge < -0.3 is 10.2 Å². The number of carbonyl (C=O) groups is 2. The summed E-state index contributed by atoms with van der Waals surface area (Å²) in [6, 6.07) is 12.5. The minimum atomic E-state index is -0.219. The number of benzene rings is 2. The number of nitrogens with one attached hydrogen (secondary N) is 1. The van der Waals surface area contributed by atoms with Crippen LogP contribution in [0.4, 0.5) is 10.1 Å². The largest absolute Gasteiger partial charge is 0.349 e. The first-order chi connectivity index (χ1) is 13.1. The molecule has 2 aromatic carbocycles. The van der Waals surface area contributed by atoms with Crippen LogP contribution < -0.4 is 10.2 Å². The van der Waals surface area contributed by atoms with Crippen molar-refractivity contribution in [2.75, 3.05) is 17.2 Å². The van der Waals surface area contributed by atoms with E-state index in [2.05, 4.69) is 5.32 Å². The van der Waals surface area contributed by atoms with Crippen LogP contribution in [0.15, 0.2) is 47.4 Å². The molecule has 0 bridgehead atoms. The molecule has 2 heterocycles. The monoisotopic (exact) mass is 384 g/mol. The highest BCUT2D eigenvalue weighted by atomic mass is 32.2. The number of anilines is 1. The van der Waals surface area contributed by atoms with E-state index >= 15 is 0 Å². The molecule has 0 saturated carbocycles. The smallest absolute Gasteiger partial charge is 0.227 e. The third kappa shape index (κ3) is 3.86. The summed E-state index contributed by atoms with van der Waals surface area (Å²) in [5, 5.41) is 3.04. The SMILES string of the molecule is O=C(Cc1ccc(N2CCCC2=O)cc1)N[C@@H]1CCSc2c(F)cccc21. The molecule has 4 nitrogen and oxygen atoms in total. The lowest BCUT2D eigenvalue weighted by Gasteiger charge is -2.26. The maximum Gasteiger partial charge on any atom is 0.227 e. The minimum absolute atomic E-state index is 0.0767. The average molecular weight is 384 g/mol. The van der Waals surface area contributed by atoms with Crippen molar-refractivity contribution in [3.63, 3.8) is 0 Å². The Balaban J connectivity index is 1.40. The Labute approximate surface area is 162 Å². The highest BCUT2D eigenvalue weighted by molar-refractivity contribution is 7.99. The van der Waals surface area contributed by atoms with Crippen molar-refractivity contribution in [2.45, 2.75) is 36.6 Å². The van der Waals surface area contributed by atoms with Gasteiger partial charge in [-0.2, -0.15) is 0 Å². The zero-order valence-electron chi connectivity index (χ0n) is 14.9. The fourth-order valence-corrected chi connectivity index (χ4v) is 4.82. The number of hydrogen-bond acceptors (Lipinski definition) is 3. The van der Waals surface area contributed by atoms with Crippen LogP contribution in [0, 0.1) is 5.82 Å². The molecule has 1 N–H and O–H groups in total. The lowest BCUT2D eigenvalue weighted by atomic mass is 10.0. The fraction of sp³-hybridized carbons (Fsp3) is 0.333. The second-order valence-corrected chi connectivity index (χ2v) is 8.01. The van der Waals surface area contributed by atoms with Gasteiger partial charge in [-0.05, 0) is 42.2 Å². The summed E-state index contributed by atoms with van der Waals surface area (Å²) < 4.78 is 14.0. The van der Waals surface area contributed by atoms with Gasteiger partial charge in [-0.25, -0.2) is 4.39 Å². The topological polar surface area (TPSA) is 49.4 Å². The zero-order valence-corrected chi connectivity index (χ0v) is 15.7. The Bertz CT molecular complexity index is 869. The van der Waals surface area contributed by atoms with Crippen LogP contribution in [0.2, 0.25) is 0 Å². The van der Waals surface area contributed by atoms with Crippen LogP contribution >= 0.6 is 11.8 Å². The molecule has 140 valence electrons. The number of rotatable bonds is 4. The minimum Gasteiger partial charge on any atom is -0.349 e. The van der Waals surface area contributed by atoms with Gasteiger partial charge in [0.25, 0.3) is 0 Å². The zero-order chi connectivity index (χ0) is 18.8. The van der Waals surface area contributed by atoms with E-state index in [1.54, 1.807) is 11.0 Å². The Morgan fingerprint density at radius 3 is 2.78 bits per heavy atom. The van der Waals surface area contributed by atoms with E-state index in [0.29, 0.717) is 11.3 Å². The number of amides is 2. The van der Waals surface area contributed by atoms with Crippen LogP contribution in [0.3, 0.4) is 0 Å². The summed E-state index contributed by atoms with van der Waals surface area (Å²) in [6.07, 6.45) is 2.56. The van der Waals surface area contributed by atoms with Crippen molar-refractivity contribution < 1.29 is 14.0 Å². The molecular weight excluding hydrogens is 363 g/mol. The van der Waals surface area contributed by atoms with Crippen LogP contribution in [-0.4, -0.2) is 24.1 Å². The maximum absolute atomic E-state index is 14.0. The lowest BCUT2D eigenvalue weighted by molar-refractivity contribution is -0.121. The van der Waals surface area contributed by atoms with Gasteiger partial charge in [0.15, 0.2) is 0 Å². The first kappa shape index (κ1) is 18.0. The molecule has 0 spiro atoms. The van der Waals surface area contributed by atoms with Crippen molar-refractivity contribution in [3.8, 4) is 0 Å². The van der Waals surface area contributed by atoms with Gasteiger partial charge in [-0.3, -0.25) is 9.59 Å². The van der Waals surface area contributed by atoms with Crippen LogP contribution in [0.25, 0.3) is 0 Å². The van der Waals surface area contributed by atoms with Gasteiger partial charge >= 0.3 is 0 Å². The third-order valence-electron chi connectivity index (χ3n) is 5.05. The number of nitrogens with zero attached hydrogens (tertiary/aromatic N) is 1. The van der Waals surface area contributed by atoms with Gasteiger partial charge in [-0.15, -0.1) is 11.8 Å². The van der Waals surface area contributed by atoms with E-state index in [0.717, 1.165) is 42.0 Å². The van der Waals surface area contributed by atoms with Crippen molar-refractivity contribution in [3.05, 3.63) is 59.4 Å². The predicted octanol–water partition coefficient (Wildman–Crippen LogP) is 3.85. The summed E-state index contributed by atoms with van der Waals surface area (Å²) in [4.78, 5) is 26.7. The molecule has 0 aliphatic carbocycles. The molecule has 1 atom stereocenters. The van der Waals surface area contributed by atoms with E-state index in [1.807, 2.05) is 30.3 Å². The summed E-state index contributed by atoms with van der Waals surface area (Å²) in [5.74, 6) is 0.648. The van der Waals surface area contributed by atoms with Crippen molar-refractivity contribution in [1.29, 1.82) is 0 Å². The molecule has 6 heteroatoms. The van der Waals surface area contributed by atoms with Crippen molar-refractivity contribution >= 4 is 29.3 Å². The van der Waals surface area contributed by atoms with Gasteiger partial charge in [0, 0.05) is 29.3 Å². The summed E-state index contributed by atoms with van der Waals surface area (Å²) in [7, 11) is 0. The van der Waals surface area contributed by atoms with E-state index in [-0.39, 0.29) is 30.1 Å². The molecule has 4 rings (SSSR count). The Hall–Kier alpha value is -2.34. The van der Waals surface area contributed by atoms with E-state index in [1.165, 1.54) is 17.8 Å². The van der Waals surface area contributed by atoms with Gasteiger partial charge in [0.05, 0.1) is 12.5 Å². The Morgan fingerprint density at radius 2 is 2.04 bits per heavy atom. The quantitative estimate of drug-likeness (QED) is 0.871. The van der Waals surface area contributed by atoms with E-state index < -0.39 is 0 Å². The molecular formula is C21H21FN2O2S. The fourth-order valence-electron chi connectivity index (χ4n) is 3.68. The Morgan fingerprint density at radius 1 is 1.22 bits per heavy atom. The third-order valence-corrected chi connectivity index (χ3v) is 6.21. The number of carbonyl (C=O) groups excluding carboxylic acids is 2. The molecule has 2 aliphatic heterocycles. The van der Waals surface area contributed by atoms with Gasteiger partial charge in [0.2, 0.25) is 11.8 Å². The lowest BCUT2D eigenvalue weighted by Crippen LogP contribution is -2.32. The molecule has 1 fully saturated rings. The van der Waals surface area contributed by atoms with Crippen LogP contribution in [0.5, 0.6) is 0 Å². The molecule has 0 unspecified atom stereocenters. The molecule has 2 amide bonds. The van der Waals surface area contributed by atoms with Crippen molar-refractivity contribution in [1.82, 2.24) is 5.32 Å². The first-order valence-electron chi connectivity index (χ1n) is 9.22. The number of thioether (sulfide) groups is 1. The Kier molecular flexibility index (Phi) is 5.16. The molecule has 0 aromatic heterocycles. The second kappa shape index (κ2) is 7.72. The van der Waals surface area contributed by atoms with E-state index in [9.17, 15) is 14.0 Å². The maximum atomic E-state index is 14.0. The van der Waals surface area contributed by atoms with Crippen LogP contribution in [-0.2, 0) is 16.0 Å². The number of halogens is 1.